The Labute approximate surface area is 119 Å². The Hall–Kier alpha value is -2.74. The number of hydrogen-bond donors (Lipinski definition) is 2. The fourth-order valence-corrected chi connectivity index (χ4v) is 1.95. The van der Waals surface area contributed by atoms with Gasteiger partial charge in [0.2, 0.25) is 0 Å². The first kappa shape index (κ1) is 13.3. The molecule has 0 fully saturated rings. The minimum atomic E-state index is -0.434. The molecule has 8 heteroatoms. The molecule has 2 aromatic heterocycles. The average Bonchev–Trinajstić information content (AvgIpc) is 2.87. The first-order valence-electron chi connectivity index (χ1n) is 6.21. The topological polar surface area (TPSA) is 90.9 Å². The summed E-state index contributed by atoms with van der Waals surface area (Å²) < 4.78 is 20.5. The van der Waals surface area contributed by atoms with Gasteiger partial charge in [0.1, 0.15) is 6.61 Å². The predicted molar refractivity (Wildman–Crippen MR) is 74.8 cm³/mol. The monoisotopic (exact) mass is 288 g/mol. The van der Waals surface area contributed by atoms with Crippen molar-refractivity contribution in [3.8, 4) is 5.75 Å². The quantitative estimate of drug-likeness (QED) is 0.556. The van der Waals surface area contributed by atoms with Crippen molar-refractivity contribution in [1.29, 1.82) is 0 Å². The van der Waals surface area contributed by atoms with Crippen LogP contribution in [0.1, 0.15) is 5.82 Å². The summed E-state index contributed by atoms with van der Waals surface area (Å²) in [5.74, 6) is 5.98. The molecule has 3 rings (SSSR count). The normalized spacial score (nSPS) is 10.8. The van der Waals surface area contributed by atoms with E-state index in [-0.39, 0.29) is 12.4 Å². The number of nitrogens with two attached hydrogens (primary N) is 1. The molecule has 2 heterocycles. The van der Waals surface area contributed by atoms with Crippen LogP contribution in [0.25, 0.3) is 11.0 Å². The number of hydrogen-bond acceptors (Lipinski definition) is 6. The van der Waals surface area contributed by atoms with Crippen molar-refractivity contribution in [3.63, 3.8) is 0 Å². The molecule has 3 N–H and O–H groups in total. The molecule has 0 saturated heterocycles. The number of rotatable bonds is 4. The van der Waals surface area contributed by atoms with Gasteiger partial charge in [-0.2, -0.15) is 5.10 Å². The number of nitrogen functional groups attached to an aromatic ring is 1. The van der Waals surface area contributed by atoms with Gasteiger partial charge in [-0.25, -0.2) is 20.2 Å². The number of benzene rings is 1. The largest absolute Gasteiger partial charge is 0.483 e. The maximum atomic E-state index is 13.5. The molecule has 0 amide bonds. The van der Waals surface area contributed by atoms with Crippen LogP contribution in [0, 0.1) is 5.82 Å². The number of hydrazine groups is 1. The Kier molecular flexibility index (Phi) is 3.36. The van der Waals surface area contributed by atoms with E-state index in [2.05, 4.69) is 20.5 Å². The number of para-hydroxylation sites is 1. The molecule has 0 atom stereocenters. The van der Waals surface area contributed by atoms with Crippen molar-refractivity contribution in [3.05, 3.63) is 42.1 Å². The average molecular weight is 288 g/mol. The van der Waals surface area contributed by atoms with Crippen LogP contribution in [0.3, 0.4) is 0 Å². The molecule has 0 bridgehead atoms. The molecule has 0 aliphatic carbocycles. The van der Waals surface area contributed by atoms with Crippen LogP contribution in [0.4, 0.5) is 10.2 Å². The minimum absolute atomic E-state index is 0.0245. The zero-order valence-electron chi connectivity index (χ0n) is 11.2. The molecule has 108 valence electrons. The molecule has 0 saturated carbocycles. The highest BCUT2D eigenvalue weighted by atomic mass is 19.1. The van der Waals surface area contributed by atoms with Gasteiger partial charge < -0.3 is 10.2 Å². The van der Waals surface area contributed by atoms with Gasteiger partial charge >= 0.3 is 0 Å². The number of aryl methyl sites for hydroxylation is 1. The number of fused-ring (bicyclic) bond motifs is 1. The van der Waals surface area contributed by atoms with Crippen LogP contribution in [0.5, 0.6) is 5.75 Å². The summed E-state index contributed by atoms with van der Waals surface area (Å²) in [7, 11) is 1.76. The number of ether oxygens (including phenoxy) is 1. The zero-order valence-corrected chi connectivity index (χ0v) is 11.2. The molecule has 0 unspecified atom stereocenters. The summed E-state index contributed by atoms with van der Waals surface area (Å²) in [4.78, 5) is 8.56. The van der Waals surface area contributed by atoms with Crippen molar-refractivity contribution in [2.45, 2.75) is 6.61 Å². The first-order valence-corrected chi connectivity index (χ1v) is 6.21. The van der Waals surface area contributed by atoms with Crippen LogP contribution in [0.2, 0.25) is 0 Å². The van der Waals surface area contributed by atoms with Crippen molar-refractivity contribution in [2.75, 3.05) is 5.43 Å². The van der Waals surface area contributed by atoms with Crippen LogP contribution in [0.15, 0.2) is 30.5 Å². The summed E-state index contributed by atoms with van der Waals surface area (Å²) in [6.45, 7) is 0.0245. The van der Waals surface area contributed by atoms with E-state index in [4.69, 9.17) is 10.6 Å². The second kappa shape index (κ2) is 5.33. The molecule has 1 aromatic carbocycles. The van der Waals surface area contributed by atoms with Gasteiger partial charge in [-0.15, -0.1) is 0 Å². The first-order chi connectivity index (χ1) is 10.2. The summed E-state index contributed by atoms with van der Waals surface area (Å²) in [5, 5.41) is 4.80. The van der Waals surface area contributed by atoms with Crippen LogP contribution in [-0.4, -0.2) is 19.7 Å². The summed E-state index contributed by atoms with van der Waals surface area (Å²) in [5.41, 5.74) is 3.12. The van der Waals surface area contributed by atoms with Crippen LogP contribution >= 0.6 is 0 Å². The molecular formula is C13H13FN6O. The molecule has 7 nitrogen and oxygen atoms in total. The third kappa shape index (κ3) is 2.48. The van der Waals surface area contributed by atoms with Gasteiger partial charge in [-0.1, -0.05) is 12.1 Å². The molecule has 0 spiro atoms. The number of anilines is 1. The lowest BCUT2D eigenvalue weighted by Gasteiger charge is -2.08. The number of nitrogens with one attached hydrogen (secondary N) is 1. The summed E-state index contributed by atoms with van der Waals surface area (Å²) in [6.07, 6.45) is 1.62. The lowest BCUT2D eigenvalue weighted by molar-refractivity contribution is 0.281. The van der Waals surface area contributed by atoms with E-state index < -0.39 is 5.82 Å². The Morgan fingerprint density at radius 1 is 1.33 bits per heavy atom. The summed E-state index contributed by atoms with van der Waals surface area (Å²) >= 11 is 0. The molecule has 0 aliphatic rings. The fourth-order valence-electron chi connectivity index (χ4n) is 1.95. The van der Waals surface area contributed by atoms with Crippen LogP contribution < -0.4 is 16.0 Å². The summed E-state index contributed by atoms with van der Waals surface area (Å²) in [6, 6.07) is 6.15. The third-order valence-corrected chi connectivity index (χ3v) is 2.97. The van der Waals surface area contributed by atoms with E-state index >= 15 is 0 Å². The number of halogens is 1. The molecular weight excluding hydrogens is 275 g/mol. The van der Waals surface area contributed by atoms with Crippen molar-refractivity contribution in [1.82, 2.24) is 19.7 Å². The second-order valence-electron chi connectivity index (χ2n) is 4.36. The Balaban J connectivity index is 1.90. The van der Waals surface area contributed by atoms with Gasteiger partial charge in [0.15, 0.2) is 28.9 Å². The maximum absolute atomic E-state index is 13.5. The van der Waals surface area contributed by atoms with E-state index in [1.807, 2.05) is 0 Å². The fraction of sp³-hybridized carbons (Fsp3) is 0.154. The van der Waals surface area contributed by atoms with E-state index in [0.717, 1.165) is 0 Å². The highest BCUT2D eigenvalue weighted by Crippen LogP contribution is 2.20. The van der Waals surface area contributed by atoms with Gasteiger partial charge in [-0.3, -0.25) is 4.68 Å². The molecule has 0 aliphatic heterocycles. The maximum Gasteiger partial charge on any atom is 0.170 e. The molecule has 0 radical (unpaired) electrons. The van der Waals surface area contributed by atoms with E-state index in [9.17, 15) is 4.39 Å². The molecule has 21 heavy (non-hydrogen) atoms. The predicted octanol–water partition coefficient (Wildman–Crippen LogP) is 1.37. The Morgan fingerprint density at radius 3 is 2.90 bits per heavy atom. The van der Waals surface area contributed by atoms with Crippen molar-refractivity contribution in [2.24, 2.45) is 12.9 Å². The smallest absolute Gasteiger partial charge is 0.170 e. The third-order valence-electron chi connectivity index (χ3n) is 2.97. The number of nitrogens with zero attached hydrogens (tertiary/aromatic N) is 4. The van der Waals surface area contributed by atoms with E-state index in [0.29, 0.717) is 22.7 Å². The highest BCUT2D eigenvalue weighted by molar-refractivity contribution is 5.86. The van der Waals surface area contributed by atoms with Gasteiger partial charge in [0.05, 0.1) is 11.6 Å². The van der Waals surface area contributed by atoms with Gasteiger partial charge in [0, 0.05) is 7.05 Å². The van der Waals surface area contributed by atoms with Crippen molar-refractivity contribution >= 4 is 16.9 Å². The lowest BCUT2D eigenvalue weighted by atomic mass is 10.3. The standard InChI is InChI=1S/C13H13FN6O/c1-20-13-8(6-16-20)12(19-15)17-11(18-13)7-21-10-5-3-2-4-9(10)14/h2-6H,7,15H2,1H3,(H,17,18,19). The zero-order chi connectivity index (χ0) is 14.8. The highest BCUT2D eigenvalue weighted by Gasteiger charge is 2.11. The van der Waals surface area contributed by atoms with Gasteiger partial charge in [-0.05, 0) is 12.1 Å². The minimum Gasteiger partial charge on any atom is -0.483 e. The van der Waals surface area contributed by atoms with Gasteiger partial charge in [0.25, 0.3) is 0 Å². The molecule has 3 aromatic rings. The van der Waals surface area contributed by atoms with E-state index in [1.165, 1.54) is 6.07 Å². The van der Waals surface area contributed by atoms with Crippen molar-refractivity contribution < 1.29 is 9.13 Å². The SMILES string of the molecule is Cn1ncc2c(NN)nc(COc3ccccc3F)nc21. The van der Waals surface area contributed by atoms with Crippen LogP contribution in [-0.2, 0) is 13.7 Å². The Bertz CT molecular complexity index is 787. The van der Waals surface area contributed by atoms with E-state index in [1.54, 1.807) is 36.1 Å². The second-order valence-corrected chi connectivity index (χ2v) is 4.36. The number of aromatic nitrogens is 4. The lowest BCUT2D eigenvalue weighted by Crippen LogP contribution is -2.12. The Morgan fingerprint density at radius 2 is 2.14 bits per heavy atom.